The molecule has 3 aromatic rings. The number of nitrogens with zero attached hydrogens (tertiary/aromatic N) is 2. The smallest absolute Gasteiger partial charge is 0.329 e. The number of anilines is 1. The van der Waals surface area contributed by atoms with Gasteiger partial charge in [-0.1, -0.05) is 31.2 Å². The van der Waals surface area contributed by atoms with E-state index >= 15 is 0 Å². The van der Waals surface area contributed by atoms with Crippen molar-refractivity contribution in [3.63, 3.8) is 0 Å². The second kappa shape index (κ2) is 9.72. The van der Waals surface area contributed by atoms with Crippen molar-refractivity contribution in [2.75, 3.05) is 11.9 Å². The molecule has 1 aliphatic carbocycles. The van der Waals surface area contributed by atoms with Crippen LogP contribution in [0.1, 0.15) is 36.5 Å². The van der Waals surface area contributed by atoms with Gasteiger partial charge in [0.25, 0.3) is 11.8 Å². The standard InChI is InChI=1S/C24H26N4O5/c1-2-13-27-19-9-5-6-10-20(19)28(24(27)32)14-22(30)33-15-21(29)26-18-8-4-3-7-17(18)23(31)25-16-11-12-16/h3-10,16H,2,11-15H2,1H3,(H,25,31)(H,26,29). The van der Waals surface area contributed by atoms with Crippen molar-refractivity contribution in [2.24, 2.45) is 0 Å². The highest BCUT2D eigenvalue weighted by atomic mass is 16.5. The van der Waals surface area contributed by atoms with Gasteiger partial charge in [-0.05, 0) is 43.5 Å². The average Bonchev–Trinajstić information content (AvgIpc) is 3.59. The summed E-state index contributed by atoms with van der Waals surface area (Å²) in [7, 11) is 0. The average molecular weight is 450 g/mol. The van der Waals surface area contributed by atoms with E-state index in [1.165, 1.54) is 4.57 Å². The van der Waals surface area contributed by atoms with E-state index in [4.69, 9.17) is 4.74 Å². The third kappa shape index (κ3) is 5.14. The number of hydrogen-bond donors (Lipinski definition) is 2. The van der Waals surface area contributed by atoms with Crippen molar-refractivity contribution < 1.29 is 19.1 Å². The van der Waals surface area contributed by atoms with Gasteiger partial charge in [-0.25, -0.2) is 4.79 Å². The maximum atomic E-state index is 12.8. The number of carbonyl (C=O) groups excluding carboxylic acids is 3. The molecule has 2 N–H and O–H groups in total. The Labute approximate surface area is 190 Å². The number of rotatable bonds is 9. The Hall–Kier alpha value is -3.88. The monoisotopic (exact) mass is 450 g/mol. The molecular weight excluding hydrogens is 424 g/mol. The largest absolute Gasteiger partial charge is 0.454 e. The Morgan fingerprint density at radius 3 is 2.36 bits per heavy atom. The lowest BCUT2D eigenvalue weighted by atomic mass is 10.1. The molecule has 2 aromatic carbocycles. The summed E-state index contributed by atoms with van der Waals surface area (Å²) in [4.78, 5) is 49.9. The summed E-state index contributed by atoms with van der Waals surface area (Å²) in [5.41, 5.74) is 1.77. The molecule has 172 valence electrons. The Morgan fingerprint density at radius 2 is 1.67 bits per heavy atom. The molecule has 1 aliphatic rings. The van der Waals surface area contributed by atoms with Crippen LogP contribution in [-0.2, 0) is 27.4 Å². The number of hydrogen-bond acceptors (Lipinski definition) is 5. The lowest BCUT2D eigenvalue weighted by Gasteiger charge is -2.11. The number of ether oxygens (including phenoxy) is 1. The Kier molecular flexibility index (Phi) is 6.58. The number of aryl methyl sites for hydroxylation is 1. The number of amides is 2. The van der Waals surface area contributed by atoms with Gasteiger partial charge in [0.2, 0.25) is 0 Å². The van der Waals surface area contributed by atoms with Gasteiger partial charge in [-0.2, -0.15) is 0 Å². The van der Waals surface area contributed by atoms with Gasteiger partial charge < -0.3 is 15.4 Å². The molecule has 4 rings (SSSR count). The first kappa shape index (κ1) is 22.3. The molecule has 0 spiro atoms. The molecule has 33 heavy (non-hydrogen) atoms. The van der Waals surface area contributed by atoms with Gasteiger partial charge in [0.15, 0.2) is 6.61 Å². The number of esters is 1. The molecule has 1 fully saturated rings. The van der Waals surface area contributed by atoms with Crippen LogP contribution in [-0.4, -0.2) is 39.6 Å². The van der Waals surface area contributed by atoms with Gasteiger partial charge in [0, 0.05) is 12.6 Å². The summed E-state index contributed by atoms with van der Waals surface area (Å²) in [6.07, 6.45) is 2.69. The lowest BCUT2D eigenvalue weighted by Crippen LogP contribution is -2.30. The van der Waals surface area contributed by atoms with E-state index in [0.717, 1.165) is 24.8 Å². The Bertz CT molecular complexity index is 1260. The van der Waals surface area contributed by atoms with Crippen LogP contribution in [0.25, 0.3) is 11.0 Å². The predicted octanol–water partition coefficient (Wildman–Crippen LogP) is 2.29. The molecule has 0 bridgehead atoms. The summed E-state index contributed by atoms with van der Waals surface area (Å²) in [6, 6.07) is 14.1. The number of aromatic nitrogens is 2. The number of nitrogens with one attached hydrogen (secondary N) is 2. The minimum absolute atomic E-state index is 0.189. The Balaban J connectivity index is 1.38. The second-order valence-corrected chi connectivity index (χ2v) is 8.01. The fraction of sp³-hybridized carbons (Fsp3) is 0.333. The third-order valence-electron chi connectivity index (χ3n) is 5.38. The van der Waals surface area contributed by atoms with E-state index in [0.29, 0.717) is 23.3 Å². The maximum absolute atomic E-state index is 12.8. The molecule has 1 saturated carbocycles. The molecule has 0 saturated heterocycles. The van der Waals surface area contributed by atoms with Crippen molar-refractivity contribution in [3.05, 3.63) is 64.6 Å². The van der Waals surface area contributed by atoms with Crippen LogP contribution >= 0.6 is 0 Å². The van der Waals surface area contributed by atoms with Crippen LogP contribution in [0.15, 0.2) is 53.3 Å². The van der Waals surface area contributed by atoms with Crippen LogP contribution in [0.4, 0.5) is 5.69 Å². The summed E-state index contributed by atoms with van der Waals surface area (Å²) < 4.78 is 8.08. The van der Waals surface area contributed by atoms with Crippen LogP contribution < -0.4 is 16.3 Å². The second-order valence-electron chi connectivity index (χ2n) is 8.01. The minimum Gasteiger partial charge on any atom is -0.454 e. The van der Waals surface area contributed by atoms with Crippen molar-refractivity contribution in [2.45, 2.75) is 45.3 Å². The molecular formula is C24H26N4O5. The van der Waals surface area contributed by atoms with Crippen LogP contribution in [0, 0.1) is 0 Å². The highest BCUT2D eigenvalue weighted by Gasteiger charge is 2.25. The fourth-order valence-corrected chi connectivity index (χ4v) is 3.65. The molecule has 0 unspecified atom stereocenters. The quantitative estimate of drug-likeness (QED) is 0.486. The molecule has 9 nitrogen and oxygen atoms in total. The lowest BCUT2D eigenvalue weighted by molar-refractivity contribution is -0.147. The topological polar surface area (TPSA) is 111 Å². The van der Waals surface area contributed by atoms with Crippen LogP contribution in [0.5, 0.6) is 0 Å². The van der Waals surface area contributed by atoms with E-state index in [9.17, 15) is 19.2 Å². The number of carbonyl (C=O) groups is 3. The minimum atomic E-state index is -0.702. The van der Waals surface area contributed by atoms with E-state index < -0.39 is 18.5 Å². The van der Waals surface area contributed by atoms with Crippen molar-refractivity contribution in [1.29, 1.82) is 0 Å². The molecule has 1 aromatic heterocycles. The first-order valence-corrected chi connectivity index (χ1v) is 11.0. The van der Waals surface area contributed by atoms with Gasteiger partial charge in [-0.3, -0.25) is 23.5 Å². The number of fused-ring (bicyclic) bond motifs is 1. The molecule has 0 aliphatic heterocycles. The summed E-state index contributed by atoms with van der Waals surface area (Å²) >= 11 is 0. The maximum Gasteiger partial charge on any atom is 0.329 e. The van der Waals surface area contributed by atoms with Gasteiger partial charge in [0.1, 0.15) is 6.54 Å². The number of benzene rings is 2. The summed E-state index contributed by atoms with van der Waals surface area (Å²) in [5.74, 6) is -1.53. The SMILES string of the molecule is CCCn1c(=O)n(CC(=O)OCC(=O)Nc2ccccc2C(=O)NC2CC2)c2ccccc21. The van der Waals surface area contributed by atoms with Crippen molar-refractivity contribution in [3.8, 4) is 0 Å². The van der Waals surface area contributed by atoms with Gasteiger partial charge >= 0.3 is 11.7 Å². The first-order chi connectivity index (χ1) is 16.0. The third-order valence-corrected chi connectivity index (χ3v) is 5.38. The van der Waals surface area contributed by atoms with E-state index in [2.05, 4.69) is 10.6 Å². The zero-order chi connectivity index (χ0) is 23.4. The Morgan fingerprint density at radius 1 is 1.00 bits per heavy atom. The van der Waals surface area contributed by atoms with E-state index in [-0.39, 0.29) is 24.2 Å². The van der Waals surface area contributed by atoms with Crippen molar-refractivity contribution in [1.82, 2.24) is 14.5 Å². The molecule has 9 heteroatoms. The molecule has 1 heterocycles. The summed E-state index contributed by atoms with van der Waals surface area (Å²) in [5, 5.41) is 5.50. The normalized spacial score (nSPS) is 13.0. The fourth-order valence-electron chi connectivity index (χ4n) is 3.65. The van der Waals surface area contributed by atoms with Gasteiger partial charge in [0.05, 0.1) is 22.3 Å². The molecule has 0 radical (unpaired) electrons. The number of imidazole rings is 1. The molecule has 0 atom stereocenters. The zero-order valence-electron chi connectivity index (χ0n) is 18.4. The van der Waals surface area contributed by atoms with Gasteiger partial charge in [-0.15, -0.1) is 0 Å². The zero-order valence-corrected chi connectivity index (χ0v) is 18.4. The highest BCUT2D eigenvalue weighted by Crippen LogP contribution is 2.21. The first-order valence-electron chi connectivity index (χ1n) is 11.0. The van der Waals surface area contributed by atoms with Crippen LogP contribution in [0.3, 0.4) is 0 Å². The van der Waals surface area contributed by atoms with E-state index in [1.807, 2.05) is 19.1 Å². The summed E-state index contributed by atoms with van der Waals surface area (Å²) in [6.45, 7) is 1.68. The predicted molar refractivity (Wildman–Crippen MR) is 123 cm³/mol. The highest BCUT2D eigenvalue weighted by molar-refractivity contribution is 6.04. The number of para-hydroxylation sites is 3. The van der Waals surface area contributed by atoms with Crippen molar-refractivity contribution >= 4 is 34.5 Å². The van der Waals surface area contributed by atoms with Crippen LogP contribution in [0.2, 0.25) is 0 Å². The molecule has 2 amide bonds. The van der Waals surface area contributed by atoms with E-state index in [1.54, 1.807) is 41.0 Å².